The van der Waals surface area contributed by atoms with Gasteiger partial charge in [0, 0.05) is 23.2 Å². The molecule has 0 aliphatic heterocycles. The number of amides is 2. The smallest absolute Gasteiger partial charge is 0.275 e. The van der Waals surface area contributed by atoms with E-state index in [4.69, 9.17) is 0 Å². The minimum Gasteiger partial charge on any atom is -0.342 e. The van der Waals surface area contributed by atoms with Crippen LogP contribution in [-0.2, 0) is 9.59 Å². The van der Waals surface area contributed by atoms with Gasteiger partial charge in [-0.1, -0.05) is 26.0 Å². The number of rotatable bonds is 8. The van der Waals surface area contributed by atoms with Crippen molar-refractivity contribution in [3.63, 3.8) is 0 Å². The highest BCUT2D eigenvalue weighted by molar-refractivity contribution is 5.94. The zero-order valence-corrected chi connectivity index (χ0v) is 15.6. The van der Waals surface area contributed by atoms with Crippen LogP contribution in [0.3, 0.4) is 0 Å². The van der Waals surface area contributed by atoms with Gasteiger partial charge >= 0.3 is 0 Å². The van der Waals surface area contributed by atoms with E-state index < -0.39 is 17.5 Å². The Kier molecular flexibility index (Phi) is 7.57. The van der Waals surface area contributed by atoms with Crippen molar-refractivity contribution in [3.05, 3.63) is 65.5 Å². The first-order chi connectivity index (χ1) is 13.3. The van der Waals surface area contributed by atoms with Crippen LogP contribution >= 0.6 is 0 Å². The fourth-order valence-corrected chi connectivity index (χ4v) is 2.74. The Hall–Kier alpha value is -2.87. The van der Waals surface area contributed by atoms with Gasteiger partial charge in [-0.05, 0) is 24.3 Å². The first-order valence-corrected chi connectivity index (χ1v) is 8.86. The van der Waals surface area contributed by atoms with Crippen molar-refractivity contribution in [1.82, 2.24) is 5.32 Å². The molecule has 2 rings (SSSR count). The normalized spacial score (nSPS) is 11.9. The predicted molar refractivity (Wildman–Crippen MR) is 98.8 cm³/mol. The van der Waals surface area contributed by atoms with Crippen LogP contribution < -0.4 is 16.0 Å². The zero-order chi connectivity index (χ0) is 20.7. The maximum Gasteiger partial charge on any atom is 0.275 e. The Morgan fingerprint density at radius 2 is 1.64 bits per heavy atom. The predicted octanol–water partition coefficient (Wildman–Crippen LogP) is 2.12. The van der Waals surface area contributed by atoms with E-state index in [2.05, 4.69) is 10.6 Å². The number of carbonyl (C=O) groups is 2. The molecule has 8 heteroatoms. The molecule has 0 fully saturated rings. The van der Waals surface area contributed by atoms with Gasteiger partial charge in [-0.25, -0.2) is 13.2 Å². The summed E-state index contributed by atoms with van der Waals surface area (Å²) < 4.78 is 39.1. The second kappa shape index (κ2) is 9.89. The third-order valence-corrected chi connectivity index (χ3v) is 4.18. The summed E-state index contributed by atoms with van der Waals surface area (Å²) in [6, 6.07) is 9.07. The van der Waals surface area contributed by atoms with Crippen molar-refractivity contribution in [2.24, 2.45) is 5.92 Å². The van der Waals surface area contributed by atoms with Crippen LogP contribution in [0.5, 0.6) is 0 Å². The Morgan fingerprint density at radius 3 is 2.25 bits per heavy atom. The number of hydrogen-bond donors (Lipinski definition) is 3. The van der Waals surface area contributed by atoms with Crippen LogP contribution in [-0.4, -0.2) is 24.9 Å². The molecule has 5 nitrogen and oxygen atoms in total. The molecule has 4 N–H and O–H groups in total. The first-order valence-electron chi connectivity index (χ1n) is 8.86. The minimum atomic E-state index is -1.07. The van der Waals surface area contributed by atoms with Gasteiger partial charge in [-0.2, -0.15) is 0 Å². The SMILES string of the molecule is CC(C)[C@@H]([NH2+]CC(=O)NCC(=O)Nc1ccc(F)c(F)c1)c1ccc(F)cc1. The quantitative estimate of drug-likeness (QED) is 0.642. The molecule has 0 aromatic heterocycles. The summed E-state index contributed by atoms with van der Waals surface area (Å²) in [6.07, 6.45) is 0. The summed E-state index contributed by atoms with van der Waals surface area (Å²) in [4.78, 5) is 23.8. The number of nitrogens with two attached hydrogens (primary N) is 1. The first kappa shape index (κ1) is 21.4. The third kappa shape index (κ3) is 6.38. The van der Waals surface area contributed by atoms with Crippen molar-refractivity contribution in [2.75, 3.05) is 18.4 Å². The number of halogens is 3. The van der Waals surface area contributed by atoms with Crippen molar-refractivity contribution in [3.8, 4) is 0 Å². The lowest BCUT2D eigenvalue weighted by molar-refractivity contribution is -0.692. The van der Waals surface area contributed by atoms with Crippen molar-refractivity contribution in [1.29, 1.82) is 0 Å². The van der Waals surface area contributed by atoms with Gasteiger partial charge in [0.2, 0.25) is 5.91 Å². The highest BCUT2D eigenvalue weighted by Crippen LogP contribution is 2.17. The molecule has 2 aromatic rings. The van der Waals surface area contributed by atoms with E-state index >= 15 is 0 Å². The second-order valence-corrected chi connectivity index (χ2v) is 6.71. The maximum absolute atomic E-state index is 13.1. The monoisotopic (exact) mass is 394 g/mol. The summed E-state index contributed by atoms with van der Waals surface area (Å²) >= 11 is 0. The summed E-state index contributed by atoms with van der Waals surface area (Å²) in [7, 11) is 0. The molecule has 0 aliphatic carbocycles. The van der Waals surface area contributed by atoms with E-state index in [9.17, 15) is 22.8 Å². The van der Waals surface area contributed by atoms with Crippen molar-refractivity contribution < 1.29 is 28.1 Å². The molecular weight excluding hydrogens is 371 g/mol. The third-order valence-electron chi connectivity index (χ3n) is 4.18. The molecule has 0 radical (unpaired) electrons. The van der Waals surface area contributed by atoms with Gasteiger partial charge < -0.3 is 16.0 Å². The van der Waals surface area contributed by atoms with Gasteiger partial charge in [0.1, 0.15) is 11.9 Å². The van der Waals surface area contributed by atoms with E-state index in [0.29, 0.717) is 0 Å². The summed E-state index contributed by atoms with van der Waals surface area (Å²) in [6.45, 7) is 3.78. The molecule has 0 saturated heterocycles. The molecule has 150 valence electrons. The topological polar surface area (TPSA) is 74.8 Å². The molecule has 0 spiro atoms. The fraction of sp³-hybridized carbons (Fsp3) is 0.300. The van der Waals surface area contributed by atoms with Gasteiger partial charge in [0.15, 0.2) is 18.2 Å². The maximum atomic E-state index is 13.1. The molecule has 0 unspecified atom stereocenters. The Bertz CT molecular complexity index is 826. The van der Waals surface area contributed by atoms with Crippen molar-refractivity contribution >= 4 is 17.5 Å². The Balaban J connectivity index is 1.81. The largest absolute Gasteiger partial charge is 0.342 e. The molecule has 0 bridgehead atoms. The van der Waals surface area contributed by atoms with Gasteiger partial charge in [-0.3, -0.25) is 9.59 Å². The second-order valence-electron chi connectivity index (χ2n) is 6.71. The number of carbonyl (C=O) groups excluding carboxylic acids is 2. The summed E-state index contributed by atoms with van der Waals surface area (Å²) in [5.41, 5.74) is 1.00. The van der Waals surface area contributed by atoms with Crippen LogP contribution in [0.4, 0.5) is 18.9 Å². The average molecular weight is 394 g/mol. The summed E-state index contributed by atoms with van der Waals surface area (Å²) in [5.74, 6) is -3.11. The number of quaternary nitrogens is 1. The van der Waals surface area contributed by atoms with E-state index in [-0.39, 0.29) is 42.5 Å². The number of anilines is 1. The van der Waals surface area contributed by atoms with Crippen molar-refractivity contribution in [2.45, 2.75) is 19.9 Å². The van der Waals surface area contributed by atoms with Gasteiger partial charge in [0.05, 0.1) is 6.54 Å². The molecule has 0 saturated carbocycles. The van der Waals surface area contributed by atoms with Crippen LogP contribution in [0.1, 0.15) is 25.5 Å². The van der Waals surface area contributed by atoms with E-state index in [0.717, 1.165) is 17.7 Å². The highest BCUT2D eigenvalue weighted by atomic mass is 19.2. The highest BCUT2D eigenvalue weighted by Gasteiger charge is 2.20. The minimum absolute atomic E-state index is 0.0395. The summed E-state index contributed by atoms with van der Waals surface area (Å²) in [5, 5.41) is 6.67. The van der Waals surface area contributed by atoms with Gasteiger partial charge in [-0.15, -0.1) is 0 Å². The fourth-order valence-electron chi connectivity index (χ4n) is 2.74. The molecule has 1 atom stereocenters. The standard InChI is InChI=1S/C20H22F3N3O2/c1-12(2)20(13-3-5-14(21)6-4-13)25-10-18(27)24-11-19(28)26-15-7-8-16(22)17(23)9-15/h3-9,12,20,25H,10-11H2,1-2H3,(H,24,27)(H,26,28)/p+1/t20-/m1/s1. The molecular formula is C20H23F3N3O2+. The Morgan fingerprint density at radius 1 is 0.964 bits per heavy atom. The van der Waals surface area contributed by atoms with E-state index in [1.165, 1.54) is 18.2 Å². The Labute approximate surface area is 161 Å². The molecule has 0 heterocycles. The number of hydrogen-bond acceptors (Lipinski definition) is 2. The molecule has 2 aromatic carbocycles. The number of benzene rings is 2. The van der Waals surface area contributed by atoms with Crippen LogP contribution in [0.2, 0.25) is 0 Å². The zero-order valence-electron chi connectivity index (χ0n) is 15.6. The lowest BCUT2D eigenvalue weighted by Crippen LogP contribution is -2.88. The lowest BCUT2D eigenvalue weighted by atomic mass is 9.96. The van der Waals surface area contributed by atoms with E-state index in [1.54, 1.807) is 12.1 Å². The molecule has 0 aliphatic rings. The van der Waals surface area contributed by atoms with Crippen LogP contribution in [0.15, 0.2) is 42.5 Å². The molecule has 2 amide bonds. The van der Waals surface area contributed by atoms with Crippen LogP contribution in [0.25, 0.3) is 0 Å². The molecule has 28 heavy (non-hydrogen) atoms. The van der Waals surface area contributed by atoms with Gasteiger partial charge in [0.25, 0.3) is 5.91 Å². The number of nitrogens with one attached hydrogen (secondary N) is 2. The average Bonchev–Trinajstić information content (AvgIpc) is 2.64. The van der Waals surface area contributed by atoms with E-state index in [1.807, 2.05) is 19.2 Å². The van der Waals surface area contributed by atoms with Crippen LogP contribution in [0, 0.1) is 23.4 Å². The lowest BCUT2D eigenvalue weighted by Gasteiger charge is -2.19.